The molecule has 2 aromatic rings. The Bertz CT molecular complexity index is 885. The first-order chi connectivity index (χ1) is 13.5. The van der Waals surface area contributed by atoms with E-state index in [0.717, 1.165) is 31.1 Å². The Balaban J connectivity index is 1.67. The van der Waals surface area contributed by atoms with Crippen molar-refractivity contribution < 1.29 is 13.2 Å². The van der Waals surface area contributed by atoms with Crippen molar-refractivity contribution in [1.82, 2.24) is 0 Å². The minimum atomic E-state index is -1.02. The van der Waals surface area contributed by atoms with Gasteiger partial charge in [-0.3, -0.25) is 0 Å². The van der Waals surface area contributed by atoms with Crippen molar-refractivity contribution in [2.24, 2.45) is 17.8 Å². The van der Waals surface area contributed by atoms with Gasteiger partial charge in [-0.05, 0) is 91.2 Å². The predicted octanol–water partition coefficient (Wildman–Crippen LogP) is 7.70. The molecule has 2 unspecified atom stereocenters. The summed E-state index contributed by atoms with van der Waals surface area (Å²) in [7, 11) is 0. The van der Waals surface area contributed by atoms with Gasteiger partial charge in [0.25, 0.3) is 0 Å². The maximum atomic E-state index is 15.0. The van der Waals surface area contributed by atoms with Gasteiger partial charge in [0.1, 0.15) is 5.82 Å². The molecule has 150 valence electrons. The van der Waals surface area contributed by atoms with Crippen LogP contribution in [-0.2, 0) is 6.42 Å². The number of benzene rings is 2. The summed E-state index contributed by atoms with van der Waals surface area (Å²) in [5.74, 6) is -0.329. The average Bonchev–Trinajstić information content (AvgIpc) is 2.69. The van der Waals surface area contributed by atoms with Crippen LogP contribution in [0.3, 0.4) is 0 Å². The maximum absolute atomic E-state index is 15.0. The molecule has 2 aromatic carbocycles. The summed E-state index contributed by atoms with van der Waals surface area (Å²) in [6.07, 6.45) is 9.37. The Morgan fingerprint density at radius 1 is 0.964 bits per heavy atom. The average molecular weight is 387 g/mol. The molecule has 0 aromatic heterocycles. The van der Waals surface area contributed by atoms with Crippen molar-refractivity contribution in [3.63, 3.8) is 0 Å². The fourth-order valence-electron chi connectivity index (χ4n) is 5.60. The number of hydrogen-bond donors (Lipinski definition) is 0. The SMILES string of the molecule is C=CCCc1ccc2cc([C@@H]3CC[C@@H]4CC(C)CCC4C3)c(F)c(F)c2c1F. The zero-order valence-corrected chi connectivity index (χ0v) is 16.6. The van der Waals surface area contributed by atoms with E-state index in [9.17, 15) is 8.78 Å². The molecule has 0 saturated heterocycles. The van der Waals surface area contributed by atoms with Crippen molar-refractivity contribution in [2.75, 3.05) is 0 Å². The Labute approximate surface area is 165 Å². The molecule has 0 heterocycles. The van der Waals surface area contributed by atoms with E-state index in [0.29, 0.717) is 35.3 Å². The molecule has 2 fully saturated rings. The summed E-state index contributed by atoms with van der Waals surface area (Å²) >= 11 is 0. The van der Waals surface area contributed by atoms with Gasteiger partial charge >= 0.3 is 0 Å². The van der Waals surface area contributed by atoms with Crippen LogP contribution in [0.1, 0.15) is 68.9 Å². The van der Waals surface area contributed by atoms with E-state index in [4.69, 9.17) is 0 Å². The van der Waals surface area contributed by atoms with Gasteiger partial charge in [0, 0.05) is 0 Å². The van der Waals surface area contributed by atoms with Crippen molar-refractivity contribution in [1.29, 1.82) is 0 Å². The highest BCUT2D eigenvalue weighted by Crippen LogP contribution is 2.48. The fourth-order valence-corrected chi connectivity index (χ4v) is 5.60. The molecule has 2 saturated carbocycles. The first-order valence-corrected chi connectivity index (χ1v) is 10.7. The smallest absolute Gasteiger partial charge is 0.169 e. The summed E-state index contributed by atoms with van der Waals surface area (Å²) in [6.45, 7) is 5.96. The van der Waals surface area contributed by atoms with Crippen molar-refractivity contribution in [2.45, 2.75) is 64.2 Å². The van der Waals surface area contributed by atoms with Gasteiger partial charge in [0.2, 0.25) is 0 Å². The van der Waals surface area contributed by atoms with E-state index in [-0.39, 0.29) is 11.3 Å². The summed E-state index contributed by atoms with van der Waals surface area (Å²) in [5.41, 5.74) is 0.857. The van der Waals surface area contributed by atoms with Crippen LogP contribution >= 0.6 is 0 Å². The third kappa shape index (κ3) is 3.49. The van der Waals surface area contributed by atoms with Crippen molar-refractivity contribution in [3.05, 3.63) is 59.4 Å². The molecule has 0 nitrogen and oxygen atoms in total. The molecular formula is C25H29F3. The zero-order chi connectivity index (χ0) is 19.8. The van der Waals surface area contributed by atoms with E-state index in [1.807, 2.05) is 0 Å². The molecule has 28 heavy (non-hydrogen) atoms. The van der Waals surface area contributed by atoms with E-state index < -0.39 is 17.5 Å². The first-order valence-electron chi connectivity index (χ1n) is 10.7. The molecule has 0 aliphatic heterocycles. The number of aryl methyl sites for hydroxylation is 1. The Hall–Kier alpha value is -1.77. The highest BCUT2D eigenvalue weighted by atomic mass is 19.2. The summed E-state index contributed by atoms with van der Waals surface area (Å²) < 4.78 is 44.8. The van der Waals surface area contributed by atoms with E-state index in [1.165, 1.54) is 19.3 Å². The van der Waals surface area contributed by atoms with Crippen LogP contribution in [0.25, 0.3) is 10.8 Å². The minimum absolute atomic E-state index is 0.0389. The number of fused-ring (bicyclic) bond motifs is 2. The standard InChI is InChI=1S/C25H29F3/c1-3-4-5-16-8-11-20-14-21(24(27)25(28)22(20)23(16)26)19-10-9-17-12-15(2)6-7-18(17)13-19/h3,8,11,14-15,17-19H,1,4-7,9-10,12-13H2,2H3/t15?,17-,18?,19-/m1/s1. The second-order valence-electron chi connectivity index (χ2n) is 9.01. The molecule has 4 rings (SSSR count). The predicted molar refractivity (Wildman–Crippen MR) is 109 cm³/mol. The van der Waals surface area contributed by atoms with E-state index in [1.54, 1.807) is 24.3 Å². The summed E-state index contributed by atoms with van der Waals surface area (Å²) in [5, 5.41) is 0.260. The molecule has 0 spiro atoms. The molecule has 0 radical (unpaired) electrons. The second-order valence-corrected chi connectivity index (χ2v) is 9.01. The van der Waals surface area contributed by atoms with Crippen molar-refractivity contribution in [3.8, 4) is 0 Å². The Kier molecular flexibility index (Phi) is 5.53. The van der Waals surface area contributed by atoms with Gasteiger partial charge in [0.15, 0.2) is 11.6 Å². The van der Waals surface area contributed by atoms with Gasteiger partial charge in [-0.25, -0.2) is 13.2 Å². The largest absolute Gasteiger partial charge is 0.206 e. The van der Waals surface area contributed by atoms with Crippen LogP contribution in [0.5, 0.6) is 0 Å². The van der Waals surface area contributed by atoms with Crippen molar-refractivity contribution >= 4 is 10.8 Å². The molecule has 4 atom stereocenters. The molecule has 0 bridgehead atoms. The minimum Gasteiger partial charge on any atom is -0.206 e. The Morgan fingerprint density at radius 3 is 2.50 bits per heavy atom. The van der Waals surface area contributed by atoms with Crippen LogP contribution < -0.4 is 0 Å². The molecule has 2 aliphatic carbocycles. The molecule has 2 aliphatic rings. The molecular weight excluding hydrogens is 357 g/mol. The normalized spacial score (nSPS) is 27.6. The number of allylic oxidation sites excluding steroid dienone is 1. The lowest BCUT2D eigenvalue weighted by molar-refractivity contribution is 0.123. The van der Waals surface area contributed by atoms with Crippen LogP contribution in [0.15, 0.2) is 30.9 Å². The molecule has 0 amide bonds. The monoisotopic (exact) mass is 386 g/mol. The highest BCUT2D eigenvalue weighted by Gasteiger charge is 2.36. The van der Waals surface area contributed by atoms with Gasteiger partial charge in [-0.2, -0.15) is 0 Å². The topological polar surface area (TPSA) is 0 Å². The lowest BCUT2D eigenvalue weighted by Crippen LogP contribution is -2.30. The van der Waals surface area contributed by atoms with E-state index >= 15 is 4.39 Å². The van der Waals surface area contributed by atoms with Gasteiger partial charge in [0.05, 0.1) is 5.39 Å². The summed E-state index contributed by atoms with van der Waals surface area (Å²) in [6, 6.07) is 5.13. The molecule has 3 heteroatoms. The first kappa shape index (κ1) is 19.5. The van der Waals surface area contributed by atoms with Crippen LogP contribution in [0, 0.1) is 35.2 Å². The number of rotatable bonds is 4. The fraction of sp³-hybridized carbons (Fsp3) is 0.520. The second kappa shape index (κ2) is 7.93. The number of halogens is 3. The van der Waals surface area contributed by atoms with Crippen LogP contribution in [-0.4, -0.2) is 0 Å². The van der Waals surface area contributed by atoms with Crippen LogP contribution in [0.2, 0.25) is 0 Å². The Morgan fingerprint density at radius 2 is 1.71 bits per heavy atom. The van der Waals surface area contributed by atoms with E-state index in [2.05, 4.69) is 13.5 Å². The highest BCUT2D eigenvalue weighted by molar-refractivity contribution is 5.85. The molecule has 0 N–H and O–H groups in total. The third-order valence-corrected chi connectivity index (χ3v) is 7.16. The lowest BCUT2D eigenvalue weighted by Gasteiger charge is -2.41. The quantitative estimate of drug-likeness (QED) is 0.472. The summed E-state index contributed by atoms with van der Waals surface area (Å²) in [4.78, 5) is 0. The van der Waals surface area contributed by atoms with Gasteiger partial charge in [-0.1, -0.05) is 31.6 Å². The third-order valence-electron chi connectivity index (χ3n) is 7.16. The lowest BCUT2D eigenvalue weighted by atomic mass is 9.64. The maximum Gasteiger partial charge on any atom is 0.169 e. The zero-order valence-electron chi connectivity index (χ0n) is 16.6. The number of hydrogen-bond acceptors (Lipinski definition) is 0. The van der Waals surface area contributed by atoms with Crippen LogP contribution in [0.4, 0.5) is 13.2 Å². The van der Waals surface area contributed by atoms with Gasteiger partial charge in [-0.15, -0.1) is 6.58 Å². The van der Waals surface area contributed by atoms with Gasteiger partial charge < -0.3 is 0 Å².